The van der Waals surface area contributed by atoms with Gasteiger partial charge in [0.05, 0.1) is 32.6 Å². The van der Waals surface area contributed by atoms with Crippen LogP contribution in [-0.4, -0.2) is 21.9 Å². The Morgan fingerprint density at radius 1 is 1.08 bits per heavy atom. The first-order valence-electron chi connectivity index (χ1n) is 7.39. The predicted molar refractivity (Wildman–Crippen MR) is 94.9 cm³/mol. The van der Waals surface area contributed by atoms with Gasteiger partial charge in [0.1, 0.15) is 5.75 Å². The summed E-state index contributed by atoms with van der Waals surface area (Å²) < 4.78 is 5.48. The van der Waals surface area contributed by atoms with Gasteiger partial charge in [0.15, 0.2) is 0 Å². The highest BCUT2D eigenvalue weighted by Crippen LogP contribution is 2.29. The SMILES string of the molecule is CC(C)Oc1ccc(NC(=O)c2cc([N+](=O)[O-])cc([N+](=O)[O-])c2)cc1Cl. The van der Waals surface area contributed by atoms with Gasteiger partial charge in [-0.05, 0) is 32.0 Å². The van der Waals surface area contributed by atoms with Gasteiger partial charge < -0.3 is 10.1 Å². The number of carbonyl (C=O) groups excluding carboxylic acids is 1. The molecule has 0 unspecified atom stereocenters. The van der Waals surface area contributed by atoms with Gasteiger partial charge in [-0.1, -0.05) is 11.6 Å². The van der Waals surface area contributed by atoms with Crippen LogP contribution in [0.4, 0.5) is 17.1 Å². The van der Waals surface area contributed by atoms with Gasteiger partial charge in [-0.2, -0.15) is 0 Å². The van der Waals surface area contributed by atoms with E-state index >= 15 is 0 Å². The number of nitrogens with one attached hydrogen (secondary N) is 1. The number of rotatable bonds is 6. The van der Waals surface area contributed by atoms with E-state index in [1.165, 1.54) is 12.1 Å². The Labute approximate surface area is 152 Å². The van der Waals surface area contributed by atoms with Gasteiger partial charge >= 0.3 is 0 Å². The maximum Gasteiger partial charge on any atom is 0.277 e. The number of amides is 1. The minimum absolute atomic E-state index is 0.0849. The Bertz CT molecular complexity index is 852. The molecule has 1 amide bonds. The molecule has 0 bridgehead atoms. The summed E-state index contributed by atoms with van der Waals surface area (Å²) in [6, 6.07) is 7.25. The van der Waals surface area contributed by atoms with Crippen LogP contribution in [0.2, 0.25) is 5.02 Å². The third-order valence-corrected chi connectivity index (χ3v) is 3.43. The van der Waals surface area contributed by atoms with Crippen molar-refractivity contribution in [2.24, 2.45) is 0 Å². The Hall–Kier alpha value is -3.20. The van der Waals surface area contributed by atoms with Crippen molar-refractivity contribution < 1.29 is 19.4 Å². The number of hydrogen-bond acceptors (Lipinski definition) is 6. The average molecular weight is 380 g/mol. The number of carbonyl (C=O) groups is 1. The molecular weight excluding hydrogens is 366 g/mol. The van der Waals surface area contributed by atoms with Gasteiger partial charge in [0.2, 0.25) is 0 Å². The lowest BCUT2D eigenvalue weighted by Crippen LogP contribution is -2.13. The van der Waals surface area contributed by atoms with Crippen molar-refractivity contribution in [3.05, 3.63) is 67.2 Å². The first-order valence-corrected chi connectivity index (χ1v) is 7.76. The minimum atomic E-state index is -0.807. The van der Waals surface area contributed by atoms with E-state index in [-0.39, 0.29) is 16.7 Å². The molecule has 0 saturated carbocycles. The first kappa shape index (κ1) is 19.1. The molecule has 0 saturated heterocycles. The van der Waals surface area contributed by atoms with Crippen molar-refractivity contribution in [1.82, 2.24) is 0 Å². The summed E-state index contributed by atoms with van der Waals surface area (Å²) in [6.07, 6.45) is -0.0849. The molecule has 0 heterocycles. The summed E-state index contributed by atoms with van der Waals surface area (Å²) >= 11 is 6.08. The quantitative estimate of drug-likeness (QED) is 0.592. The van der Waals surface area contributed by atoms with E-state index in [0.29, 0.717) is 11.4 Å². The van der Waals surface area contributed by atoms with E-state index in [1.54, 1.807) is 6.07 Å². The smallest absolute Gasteiger partial charge is 0.277 e. The standard InChI is InChI=1S/C16H14ClN3O6/c1-9(2)26-15-4-3-11(7-14(15)17)18-16(21)10-5-12(19(22)23)8-13(6-10)20(24)25/h3-9H,1-2H3,(H,18,21). The van der Waals surface area contributed by atoms with Crippen molar-refractivity contribution in [3.8, 4) is 5.75 Å². The summed E-state index contributed by atoms with van der Waals surface area (Å²) in [5.74, 6) is -0.309. The molecule has 136 valence electrons. The van der Waals surface area contributed by atoms with Crippen LogP contribution >= 0.6 is 11.6 Å². The molecule has 10 heteroatoms. The molecule has 0 spiro atoms. The molecule has 0 atom stereocenters. The summed E-state index contributed by atoms with van der Waals surface area (Å²) in [7, 11) is 0. The number of nitro groups is 2. The molecule has 26 heavy (non-hydrogen) atoms. The number of nitrogens with zero attached hydrogens (tertiary/aromatic N) is 2. The first-order chi connectivity index (χ1) is 12.2. The van der Waals surface area contributed by atoms with Crippen LogP contribution < -0.4 is 10.1 Å². The van der Waals surface area contributed by atoms with Crippen LogP contribution in [0.15, 0.2) is 36.4 Å². The number of hydrogen-bond donors (Lipinski definition) is 1. The molecule has 0 fully saturated rings. The van der Waals surface area contributed by atoms with Gasteiger partial charge in [0.25, 0.3) is 17.3 Å². The molecule has 0 aliphatic carbocycles. The van der Waals surface area contributed by atoms with E-state index < -0.39 is 27.1 Å². The second-order valence-electron chi connectivity index (χ2n) is 5.52. The van der Waals surface area contributed by atoms with Gasteiger partial charge in [-0.25, -0.2) is 0 Å². The second kappa shape index (κ2) is 7.79. The minimum Gasteiger partial charge on any atom is -0.489 e. The van der Waals surface area contributed by atoms with Crippen molar-refractivity contribution in [3.63, 3.8) is 0 Å². The maximum atomic E-state index is 12.3. The zero-order valence-corrected chi connectivity index (χ0v) is 14.5. The number of ether oxygens (including phenoxy) is 1. The van der Waals surface area contributed by atoms with Crippen molar-refractivity contribution >= 4 is 34.6 Å². The fraction of sp³-hybridized carbons (Fsp3) is 0.188. The largest absolute Gasteiger partial charge is 0.489 e. The van der Waals surface area contributed by atoms with Crippen LogP contribution in [0, 0.1) is 20.2 Å². The Balaban J connectivity index is 2.28. The highest BCUT2D eigenvalue weighted by Gasteiger charge is 2.20. The predicted octanol–water partition coefficient (Wildman–Crippen LogP) is 4.20. The van der Waals surface area contributed by atoms with E-state index in [0.717, 1.165) is 18.2 Å². The lowest BCUT2D eigenvalue weighted by atomic mass is 10.1. The Kier molecular flexibility index (Phi) is 5.73. The Morgan fingerprint density at radius 3 is 2.12 bits per heavy atom. The third kappa shape index (κ3) is 4.67. The maximum absolute atomic E-state index is 12.3. The van der Waals surface area contributed by atoms with E-state index in [9.17, 15) is 25.0 Å². The second-order valence-corrected chi connectivity index (χ2v) is 5.93. The highest BCUT2D eigenvalue weighted by atomic mass is 35.5. The van der Waals surface area contributed by atoms with Crippen molar-refractivity contribution in [2.45, 2.75) is 20.0 Å². The lowest BCUT2D eigenvalue weighted by molar-refractivity contribution is -0.394. The van der Waals surface area contributed by atoms with Gasteiger partial charge in [-0.3, -0.25) is 25.0 Å². The molecule has 0 aliphatic heterocycles. The zero-order valence-electron chi connectivity index (χ0n) is 13.8. The summed E-state index contributed by atoms with van der Waals surface area (Å²) in [5.41, 5.74) is -1.01. The number of nitro benzene ring substituents is 2. The van der Waals surface area contributed by atoms with Crippen molar-refractivity contribution in [2.75, 3.05) is 5.32 Å². The normalized spacial score (nSPS) is 10.5. The summed E-state index contributed by atoms with van der Waals surface area (Å²) in [6.45, 7) is 3.67. The molecule has 0 aromatic heterocycles. The van der Waals surface area contributed by atoms with Crippen LogP contribution in [0.3, 0.4) is 0 Å². The molecular formula is C16H14ClN3O6. The topological polar surface area (TPSA) is 125 Å². The molecule has 1 N–H and O–H groups in total. The third-order valence-electron chi connectivity index (χ3n) is 3.14. The number of benzene rings is 2. The molecule has 9 nitrogen and oxygen atoms in total. The summed E-state index contributed by atoms with van der Waals surface area (Å²) in [5, 5.41) is 24.6. The monoisotopic (exact) mass is 379 g/mol. The van der Waals surface area contributed by atoms with E-state index in [1.807, 2.05) is 13.8 Å². The molecule has 2 aromatic carbocycles. The van der Waals surface area contributed by atoms with Crippen LogP contribution in [0.5, 0.6) is 5.75 Å². The number of anilines is 1. The van der Waals surface area contributed by atoms with Crippen LogP contribution in [-0.2, 0) is 0 Å². The number of halogens is 1. The van der Waals surface area contributed by atoms with E-state index in [2.05, 4.69) is 5.32 Å². The number of non-ortho nitro benzene ring substituents is 2. The van der Waals surface area contributed by atoms with Crippen LogP contribution in [0.25, 0.3) is 0 Å². The Morgan fingerprint density at radius 2 is 1.65 bits per heavy atom. The molecule has 0 aliphatic rings. The summed E-state index contributed by atoms with van der Waals surface area (Å²) in [4.78, 5) is 32.5. The molecule has 2 rings (SSSR count). The highest BCUT2D eigenvalue weighted by molar-refractivity contribution is 6.32. The van der Waals surface area contributed by atoms with Crippen LogP contribution in [0.1, 0.15) is 24.2 Å². The van der Waals surface area contributed by atoms with Gasteiger partial charge in [0, 0.05) is 17.8 Å². The average Bonchev–Trinajstić information content (AvgIpc) is 2.56. The zero-order chi connectivity index (χ0) is 19.4. The fourth-order valence-corrected chi connectivity index (χ4v) is 2.29. The molecule has 2 aromatic rings. The van der Waals surface area contributed by atoms with Crippen molar-refractivity contribution in [1.29, 1.82) is 0 Å². The van der Waals surface area contributed by atoms with Gasteiger partial charge in [-0.15, -0.1) is 0 Å². The molecule has 0 radical (unpaired) electrons. The van der Waals surface area contributed by atoms with E-state index in [4.69, 9.17) is 16.3 Å². The fourth-order valence-electron chi connectivity index (χ4n) is 2.07. The lowest BCUT2D eigenvalue weighted by Gasteiger charge is -2.12.